The Morgan fingerprint density at radius 1 is 1.40 bits per heavy atom. The fourth-order valence-corrected chi connectivity index (χ4v) is 2.70. The summed E-state index contributed by atoms with van der Waals surface area (Å²) in [6.07, 6.45) is 4.42. The van der Waals surface area contributed by atoms with Gasteiger partial charge in [0.05, 0.1) is 0 Å². The molecule has 2 atom stereocenters. The smallest absolute Gasteiger partial charge is 0.407 e. The molecule has 0 heterocycles. The van der Waals surface area contributed by atoms with Gasteiger partial charge in [0, 0.05) is 12.1 Å². The van der Waals surface area contributed by atoms with E-state index in [4.69, 9.17) is 4.74 Å². The fraction of sp³-hybridized carbons (Fsp3) is 0.938. The lowest BCUT2D eigenvalue weighted by molar-refractivity contribution is 0.0506. The largest absolute Gasteiger partial charge is 0.444 e. The number of nitrogens with one attached hydrogen (secondary N) is 2. The summed E-state index contributed by atoms with van der Waals surface area (Å²) in [4.78, 5) is 11.6. The Labute approximate surface area is 124 Å². The first-order valence-corrected chi connectivity index (χ1v) is 7.80. The normalized spacial score (nSPS) is 23.4. The molecule has 0 radical (unpaired) electrons. The molecule has 0 bridgehead atoms. The Hall–Kier alpha value is -0.770. The molecule has 0 saturated heterocycles. The van der Waals surface area contributed by atoms with Gasteiger partial charge in [0.25, 0.3) is 0 Å². The van der Waals surface area contributed by atoms with Gasteiger partial charge >= 0.3 is 6.09 Å². The predicted octanol–water partition coefficient (Wildman–Crippen LogP) is 3.46. The highest BCUT2D eigenvalue weighted by Crippen LogP contribution is 2.36. The maximum absolute atomic E-state index is 11.6. The van der Waals surface area contributed by atoms with Gasteiger partial charge < -0.3 is 15.4 Å². The van der Waals surface area contributed by atoms with E-state index in [0.29, 0.717) is 11.5 Å². The molecule has 1 aliphatic carbocycles. The summed E-state index contributed by atoms with van der Waals surface area (Å²) in [7, 11) is 0. The summed E-state index contributed by atoms with van der Waals surface area (Å²) in [5.41, 5.74) is 0.0511. The summed E-state index contributed by atoms with van der Waals surface area (Å²) in [5, 5.41) is 6.47. The summed E-state index contributed by atoms with van der Waals surface area (Å²) >= 11 is 0. The van der Waals surface area contributed by atoms with Gasteiger partial charge in [-0.1, -0.05) is 13.8 Å². The number of amides is 1. The SMILES string of the molecule is CC(CCNC1CCC(C)(C)C1)NC(=O)OC(C)(C)C. The molecule has 0 aromatic rings. The minimum Gasteiger partial charge on any atom is -0.444 e. The van der Waals surface area contributed by atoms with Gasteiger partial charge in [-0.15, -0.1) is 0 Å². The van der Waals surface area contributed by atoms with Crippen LogP contribution in [-0.4, -0.2) is 30.3 Å². The second-order valence-corrected chi connectivity index (χ2v) is 7.89. The zero-order valence-electron chi connectivity index (χ0n) is 14.0. The topological polar surface area (TPSA) is 50.4 Å². The lowest BCUT2D eigenvalue weighted by Gasteiger charge is -2.22. The third-order valence-electron chi connectivity index (χ3n) is 3.74. The van der Waals surface area contributed by atoms with Crippen molar-refractivity contribution in [1.82, 2.24) is 10.6 Å². The highest BCUT2D eigenvalue weighted by molar-refractivity contribution is 5.67. The van der Waals surface area contributed by atoms with Crippen molar-refractivity contribution in [2.75, 3.05) is 6.54 Å². The second-order valence-electron chi connectivity index (χ2n) is 7.89. The molecule has 0 aromatic heterocycles. The van der Waals surface area contributed by atoms with Gasteiger partial charge in [0.1, 0.15) is 5.60 Å². The van der Waals surface area contributed by atoms with Crippen LogP contribution in [0, 0.1) is 5.41 Å². The van der Waals surface area contributed by atoms with Gasteiger partial charge in [-0.05, 0) is 65.3 Å². The number of hydrogen-bond acceptors (Lipinski definition) is 3. The highest BCUT2D eigenvalue weighted by atomic mass is 16.6. The number of rotatable bonds is 5. The summed E-state index contributed by atoms with van der Waals surface area (Å²) in [6, 6.07) is 0.769. The molecule has 1 amide bonds. The number of alkyl carbamates (subject to hydrolysis) is 1. The number of hydrogen-bond donors (Lipinski definition) is 2. The average Bonchev–Trinajstić information content (AvgIpc) is 2.54. The first kappa shape index (κ1) is 17.3. The third-order valence-corrected chi connectivity index (χ3v) is 3.74. The van der Waals surface area contributed by atoms with Crippen LogP contribution in [0.4, 0.5) is 4.79 Å². The van der Waals surface area contributed by atoms with Crippen molar-refractivity contribution in [2.45, 2.75) is 84.9 Å². The summed E-state index contributed by atoms with van der Waals surface area (Å²) in [6.45, 7) is 13.3. The predicted molar refractivity (Wildman–Crippen MR) is 82.9 cm³/mol. The molecule has 2 N–H and O–H groups in total. The average molecular weight is 284 g/mol. The monoisotopic (exact) mass is 284 g/mol. The van der Waals surface area contributed by atoms with Crippen LogP contribution in [0.5, 0.6) is 0 Å². The Morgan fingerprint density at radius 3 is 2.55 bits per heavy atom. The molecule has 1 saturated carbocycles. The Bertz CT molecular complexity index is 321. The maximum atomic E-state index is 11.6. The molecule has 1 aliphatic rings. The lowest BCUT2D eigenvalue weighted by Crippen LogP contribution is -2.39. The van der Waals surface area contributed by atoms with E-state index < -0.39 is 5.60 Å². The molecule has 0 aromatic carbocycles. The minimum atomic E-state index is -0.433. The van der Waals surface area contributed by atoms with Crippen LogP contribution >= 0.6 is 0 Å². The minimum absolute atomic E-state index is 0.131. The van der Waals surface area contributed by atoms with Crippen LogP contribution < -0.4 is 10.6 Å². The van der Waals surface area contributed by atoms with Crippen LogP contribution in [0.25, 0.3) is 0 Å². The molecule has 2 unspecified atom stereocenters. The van der Waals surface area contributed by atoms with E-state index in [1.807, 2.05) is 27.7 Å². The van der Waals surface area contributed by atoms with Gasteiger partial charge in [-0.3, -0.25) is 0 Å². The highest BCUT2D eigenvalue weighted by Gasteiger charge is 2.30. The number of carbonyl (C=O) groups is 1. The van der Waals surface area contributed by atoms with Crippen LogP contribution in [0.3, 0.4) is 0 Å². The molecular weight excluding hydrogens is 252 g/mol. The van der Waals surface area contributed by atoms with Crippen LogP contribution in [0.15, 0.2) is 0 Å². The first-order valence-electron chi connectivity index (χ1n) is 7.80. The lowest BCUT2D eigenvalue weighted by atomic mass is 9.92. The quantitative estimate of drug-likeness (QED) is 0.813. The Morgan fingerprint density at radius 2 is 2.05 bits per heavy atom. The molecule has 1 rings (SSSR count). The fourth-order valence-electron chi connectivity index (χ4n) is 2.70. The van der Waals surface area contributed by atoms with E-state index in [9.17, 15) is 4.79 Å². The van der Waals surface area contributed by atoms with E-state index in [-0.39, 0.29) is 12.1 Å². The third kappa shape index (κ3) is 7.13. The molecule has 118 valence electrons. The Kier molecular flexibility index (Phi) is 5.87. The van der Waals surface area contributed by atoms with Gasteiger partial charge in [-0.2, -0.15) is 0 Å². The number of ether oxygens (including phenoxy) is 1. The molecule has 4 nitrogen and oxygen atoms in total. The van der Waals surface area contributed by atoms with E-state index in [0.717, 1.165) is 13.0 Å². The molecule has 0 spiro atoms. The van der Waals surface area contributed by atoms with Crippen LogP contribution in [0.1, 0.15) is 67.2 Å². The van der Waals surface area contributed by atoms with Crippen LogP contribution in [-0.2, 0) is 4.74 Å². The van der Waals surface area contributed by atoms with E-state index >= 15 is 0 Å². The second kappa shape index (κ2) is 6.79. The van der Waals surface area contributed by atoms with E-state index in [2.05, 4.69) is 24.5 Å². The van der Waals surface area contributed by atoms with Crippen molar-refractivity contribution in [3.8, 4) is 0 Å². The van der Waals surface area contributed by atoms with Gasteiger partial charge in [-0.25, -0.2) is 4.79 Å². The van der Waals surface area contributed by atoms with Crippen molar-refractivity contribution in [3.05, 3.63) is 0 Å². The molecule has 0 aliphatic heterocycles. The van der Waals surface area contributed by atoms with E-state index in [1.165, 1.54) is 19.3 Å². The zero-order chi connectivity index (χ0) is 15.4. The van der Waals surface area contributed by atoms with Crippen molar-refractivity contribution in [3.63, 3.8) is 0 Å². The first-order chi connectivity index (χ1) is 9.07. The summed E-state index contributed by atoms with van der Waals surface area (Å²) < 4.78 is 5.24. The van der Waals surface area contributed by atoms with Crippen molar-refractivity contribution >= 4 is 6.09 Å². The molecule has 1 fully saturated rings. The standard InChI is InChI=1S/C16H32N2O2/c1-12(18-14(19)20-15(2,3)4)8-10-17-13-7-9-16(5,6)11-13/h12-13,17H,7-11H2,1-6H3,(H,18,19). The number of carbonyl (C=O) groups excluding carboxylic acids is 1. The van der Waals surface area contributed by atoms with E-state index in [1.54, 1.807) is 0 Å². The van der Waals surface area contributed by atoms with Gasteiger partial charge in [0.15, 0.2) is 0 Å². The van der Waals surface area contributed by atoms with Crippen LogP contribution in [0.2, 0.25) is 0 Å². The zero-order valence-corrected chi connectivity index (χ0v) is 14.0. The van der Waals surface area contributed by atoms with Gasteiger partial charge in [0.2, 0.25) is 0 Å². The molecule has 4 heteroatoms. The molecular formula is C16H32N2O2. The Balaban J connectivity index is 2.14. The van der Waals surface area contributed by atoms with Crippen molar-refractivity contribution < 1.29 is 9.53 Å². The van der Waals surface area contributed by atoms with Crippen molar-refractivity contribution in [1.29, 1.82) is 0 Å². The summed E-state index contributed by atoms with van der Waals surface area (Å²) in [5.74, 6) is 0. The molecule has 20 heavy (non-hydrogen) atoms. The van der Waals surface area contributed by atoms with Crippen molar-refractivity contribution in [2.24, 2.45) is 5.41 Å². The maximum Gasteiger partial charge on any atom is 0.407 e.